The third-order valence-electron chi connectivity index (χ3n) is 8.13. The number of ether oxygens (including phenoxy) is 1. The van der Waals surface area contributed by atoms with E-state index >= 15 is 0 Å². The molecule has 4 saturated carbocycles. The Morgan fingerprint density at radius 3 is 2.42 bits per heavy atom. The van der Waals surface area contributed by atoms with E-state index in [1.54, 1.807) is 42.3 Å². The van der Waals surface area contributed by atoms with E-state index < -0.39 is 0 Å². The highest BCUT2D eigenvalue weighted by Crippen LogP contribution is 2.61. The number of pyridine rings is 2. The molecular formula is C27H29N3O3. The van der Waals surface area contributed by atoms with Gasteiger partial charge in [0.05, 0.1) is 19.0 Å². The molecule has 1 N–H and O–H groups in total. The predicted molar refractivity (Wildman–Crippen MR) is 128 cm³/mol. The van der Waals surface area contributed by atoms with Crippen LogP contribution < -0.4 is 15.6 Å². The Hall–Kier alpha value is -3.15. The number of fused-ring (bicyclic) bond motifs is 1. The van der Waals surface area contributed by atoms with E-state index in [0.29, 0.717) is 29.1 Å². The molecule has 0 unspecified atom stereocenters. The maximum atomic E-state index is 13.2. The van der Waals surface area contributed by atoms with Crippen LogP contribution in [0.2, 0.25) is 0 Å². The topological polar surface area (TPSA) is 73.2 Å². The summed E-state index contributed by atoms with van der Waals surface area (Å²) in [6.07, 6.45) is 11.7. The van der Waals surface area contributed by atoms with Gasteiger partial charge in [-0.2, -0.15) is 0 Å². The van der Waals surface area contributed by atoms with Gasteiger partial charge in [-0.1, -0.05) is 6.07 Å². The highest BCUT2D eigenvalue weighted by molar-refractivity contribution is 6.02. The summed E-state index contributed by atoms with van der Waals surface area (Å²) in [6, 6.07) is 10.9. The Bertz CT molecular complexity index is 1240. The van der Waals surface area contributed by atoms with Gasteiger partial charge in [-0.05, 0) is 86.0 Å². The number of hydrogen-bond acceptors (Lipinski definition) is 4. The molecule has 4 aliphatic rings. The molecule has 2 heterocycles. The number of rotatable bonds is 5. The van der Waals surface area contributed by atoms with Crippen LogP contribution in [0.4, 0.5) is 5.69 Å². The van der Waals surface area contributed by atoms with E-state index in [9.17, 15) is 9.59 Å². The van der Waals surface area contributed by atoms with Crippen LogP contribution in [0, 0.1) is 23.2 Å². The van der Waals surface area contributed by atoms with Gasteiger partial charge < -0.3 is 10.1 Å². The van der Waals surface area contributed by atoms with Crippen LogP contribution in [-0.4, -0.2) is 22.6 Å². The molecule has 6 heteroatoms. The van der Waals surface area contributed by atoms with E-state index in [1.165, 1.54) is 38.5 Å². The maximum absolute atomic E-state index is 13.2. The van der Waals surface area contributed by atoms with Gasteiger partial charge in [0.1, 0.15) is 0 Å². The quantitative estimate of drug-likeness (QED) is 0.606. The number of nitrogens with zero attached hydrogens (tertiary/aromatic N) is 2. The number of carbonyl (C=O) groups excluding carboxylic acids is 1. The second kappa shape index (κ2) is 7.72. The Kier molecular flexibility index (Phi) is 4.78. The second-order valence-corrected chi connectivity index (χ2v) is 10.5. The van der Waals surface area contributed by atoms with Crippen molar-refractivity contribution in [1.82, 2.24) is 9.55 Å². The molecule has 0 radical (unpaired) electrons. The molecule has 1 aromatic carbocycles. The lowest BCUT2D eigenvalue weighted by Gasteiger charge is -2.56. The molecule has 1 amide bonds. The van der Waals surface area contributed by atoms with Gasteiger partial charge in [0.2, 0.25) is 11.8 Å². The van der Waals surface area contributed by atoms with Crippen LogP contribution in [-0.2, 0) is 4.79 Å². The van der Waals surface area contributed by atoms with E-state index in [2.05, 4.69) is 10.3 Å². The van der Waals surface area contributed by atoms with Crippen molar-refractivity contribution in [3.05, 3.63) is 59.1 Å². The smallest absolute Gasteiger partial charge is 0.263 e. The summed E-state index contributed by atoms with van der Waals surface area (Å²) in [5.74, 6) is 3.05. The Morgan fingerprint density at radius 2 is 1.79 bits per heavy atom. The second-order valence-electron chi connectivity index (χ2n) is 10.5. The van der Waals surface area contributed by atoms with Crippen molar-refractivity contribution in [3.8, 4) is 11.6 Å². The van der Waals surface area contributed by atoms with Crippen LogP contribution in [0.1, 0.15) is 44.9 Å². The lowest BCUT2D eigenvalue weighted by atomic mass is 9.49. The number of nitrogens with one attached hydrogen (secondary N) is 1. The summed E-state index contributed by atoms with van der Waals surface area (Å²) in [7, 11) is 1.56. The minimum atomic E-state index is -0.142. The summed E-state index contributed by atoms with van der Waals surface area (Å²) < 4.78 is 6.67. The van der Waals surface area contributed by atoms with E-state index in [1.807, 2.05) is 18.2 Å². The predicted octanol–water partition coefficient (Wildman–Crippen LogP) is 4.94. The van der Waals surface area contributed by atoms with E-state index in [-0.39, 0.29) is 16.9 Å². The summed E-state index contributed by atoms with van der Waals surface area (Å²) in [5.41, 5.74) is 1.42. The van der Waals surface area contributed by atoms with Crippen molar-refractivity contribution in [3.63, 3.8) is 0 Å². The van der Waals surface area contributed by atoms with Crippen LogP contribution in [0.3, 0.4) is 0 Å². The summed E-state index contributed by atoms with van der Waals surface area (Å²) in [4.78, 5) is 30.6. The van der Waals surface area contributed by atoms with Crippen LogP contribution in [0.25, 0.3) is 16.5 Å². The van der Waals surface area contributed by atoms with Crippen molar-refractivity contribution < 1.29 is 9.53 Å². The Morgan fingerprint density at radius 1 is 1.06 bits per heavy atom. The third-order valence-corrected chi connectivity index (χ3v) is 8.13. The number of benzene rings is 1. The minimum Gasteiger partial charge on any atom is -0.481 e. The molecule has 0 atom stereocenters. The number of methoxy groups -OCH3 is 1. The molecule has 0 saturated heterocycles. The molecule has 4 fully saturated rings. The summed E-state index contributed by atoms with van der Waals surface area (Å²) in [6.45, 7) is 0. The molecule has 4 bridgehead atoms. The molecule has 33 heavy (non-hydrogen) atoms. The fourth-order valence-electron chi connectivity index (χ4n) is 7.27. The van der Waals surface area contributed by atoms with E-state index in [4.69, 9.17) is 4.74 Å². The van der Waals surface area contributed by atoms with Crippen molar-refractivity contribution in [2.24, 2.45) is 23.2 Å². The van der Waals surface area contributed by atoms with Crippen LogP contribution in [0.5, 0.6) is 5.88 Å². The maximum Gasteiger partial charge on any atom is 0.263 e. The fourth-order valence-corrected chi connectivity index (χ4v) is 7.27. The van der Waals surface area contributed by atoms with Gasteiger partial charge in [0.15, 0.2) is 0 Å². The Labute approximate surface area is 193 Å². The van der Waals surface area contributed by atoms with Gasteiger partial charge in [-0.15, -0.1) is 0 Å². The fraction of sp³-hybridized carbons (Fsp3) is 0.444. The molecule has 2 aromatic heterocycles. The first-order chi connectivity index (χ1) is 16.0. The molecule has 6 nitrogen and oxygen atoms in total. The van der Waals surface area contributed by atoms with Crippen molar-refractivity contribution in [1.29, 1.82) is 0 Å². The third kappa shape index (κ3) is 3.62. The summed E-state index contributed by atoms with van der Waals surface area (Å²) in [5, 5.41) is 4.48. The van der Waals surface area contributed by atoms with Gasteiger partial charge in [-0.25, -0.2) is 4.98 Å². The zero-order chi connectivity index (χ0) is 22.6. The standard InChI is InChI=1S/C27H29N3O3/c1-33-25-6-5-20(16-28-25)30-8-7-21-22(26(30)32)3-2-4-23(21)29-24(31)15-27-12-17-9-18(13-27)11-19(10-17)14-27/h2-8,16-19H,9-15H2,1H3,(H,29,31). The number of anilines is 1. The molecule has 0 spiro atoms. The van der Waals surface area contributed by atoms with Gasteiger partial charge in [0, 0.05) is 35.1 Å². The van der Waals surface area contributed by atoms with Crippen molar-refractivity contribution in [2.45, 2.75) is 44.9 Å². The van der Waals surface area contributed by atoms with Crippen LogP contribution in [0.15, 0.2) is 53.6 Å². The average molecular weight is 444 g/mol. The number of carbonyl (C=O) groups is 1. The highest BCUT2D eigenvalue weighted by Gasteiger charge is 2.51. The molecule has 170 valence electrons. The lowest BCUT2D eigenvalue weighted by molar-refractivity contribution is -0.124. The first-order valence-corrected chi connectivity index (χ1v) is 12.0. The zero-order valence-corrected chi connectivity index (χ0v) is 18.9. The highest BCUT2D eigenvalue weighted by atomic mass is 16.5. The largest absolute Gasteiger partial charge is 0.481 e. The molecular weight excluding hydrogens is 414 g/mol. The van der Waals surface area contributed by atoms with Crippen LogP contribution >= 0.6 is 0 Å². The Balaban J connectivity index is 1.26. The van der Waals surface area contributed by atoms with E-state index in [0.717, 1.165) is 23.1 Å². The minimum absolute atomic E-state index is 0.0768. The first-order valence-electron chi connectivity index (χ1n) is 12.0. The monoisotopic (exact) mass is 443 g/mol. The number of amides is 1. The van der Waals surface area contributed by atoms with Crippen molar-refractivity contribution >= 4 is 22.4 Å². The SMILES string of the molecule is COc1ccc(-n2ccc3c(NC(=O)CC45CC6CC(CC(C6)C4)C5)cccc3c2=O)cn1. The van der Waals surface area contributed by atoms with Gasteiger partial charge in [-0.3, -0.25) is 14.2 Å². The average Bonchev–Trinajstić information content (AvgIpc) is 2.78. The number of hydrogen-bond donors (Lipinski definition) is 1. The van der Waals surface area contributed by atoms with Gasteiger partial charge in [0.25, 0.3) is 5.56 Å². The normalized spacial score (nSPS) is 27.6. The lowest BCUT2D eigenvalue weighted by Crippen LogP contribution is -2.47. The molecule has 3 aromatic rings. The first kappa shape index (κ1) is 20.5. The zero-order valence-electron chi connectivity index (χ0n) is 18.9. The van der Waals surface area contributed by atoms with Gasteiger partial charge >= 0.3 is 0 Å². The summed E-state index contributed by atoms with van der Waals surface area (Å²) >= 11 is 0. The number of aromatic nitrogens is 2. The molecule has 0 aliphatic heterocycles. The molecule has 7 rings (SSSR count). The molecule has 4 aliphatic carbocycles. The van der Waals surface area contributed by atoms with Crippen molar-refractivity contribution in [2.75, 3.05) is 12.4 Å².